The standard InChI is InChI=1S/C31H28F3N7O2S/c1-19(2)27-20(3)5-4-6-26(27)40-15-16-44-30(40)38-29(42)37-25(17-35)21-7-9-22(10-8-21)28-36-18-41(39-28)23-11-13-24(14-12-23)43-31(32,33)34/h4-14,18-19,25H,15-16H2,1-3H3,(H,37,42)/b38-30-. The highest BCUT2D eigenvalue weighted by Crippen LogP contribution is 2.35. The van der Waals surface area contributed by atoms with Gasteiger partial charge in [-0.1, -0.05) is 62.0 Å². The summed E-state index contributed by atoms with van der Waals surface area (Å²) in [7, 11) is 0. The number of rotatable bonds is 7. The summed E-state index contributed by atoms with van der Waals surface area (Å²) in [6.07, 6.45) is -3.34. The van der Waals surface area contributed by atoms with Crippen LogP contribution in [-0.2, 0) is 0 Å². The van der Waals surface area contributed by atoms with Gasteiger partial charge in [0.25, 0.3) is 0 Å². The summed E-state index contributed by atoms with van der Waals surface area (Å²) < 4.78 is 42.6. The molecule has 3 aromatic carbocycles. The molecular weight excluding hydrogens is 591 g/mol. The highest BCUT2D eigenvalue weighted by atomic mass is 32.2. The van der Waals surface area contributed by atoms with E-state index in [9.17, 15) is 23.2 Å². The predicted molar refractivity (Wildman–Crippen MR) is 163 cm³/mol. The van der Waals surface area contributed by atoms with Crippen molar-refractivity contribution >= 4 is 28.6 Å². The van der Waals surface area contributed by atoms with Gasteiger partial charge in [0.15, 0.2) is 11.0 Å². The van der Waals surface area contributed by atoms with Crippen molar-refractivity contribution in [3.8, 4) is 28.9 Å². The molecule has 1 saturated heterocycles. The van der Waals surface area contributed by atoms with E-state index in [0.717, 1.165) is 18.0 Å². The molecule has 9 nitrogen and oxygen atoms in total. The van der Waals surface area contributed by atoms with Crippen LogP contribution in [0, 0.1) is 18.3 Å². The van der Waals surface area contributed by atoms with Crippen LogP contribution in [0.4, 0.5) is 23.7 Å². The Bertz CT molecular complexity index is 1710. The molecule has 4 aromatic rings. The number of thioether (sulfide) groups is 1. The first-order chi connectivity index (χ1) is 21.0. The van der Waals surface area contributed by atoms with Gasteiger partial charge in [0.05, 0.1) is 11.8 Å². The lowest BCUT2D eigenvalue weighted by atomic mass is 9.95. The minimum absolute atomic E-state index is 0.301. The number of aromatic nitrogens is 3. The first-order valence-electron chi connectivity index (χ1n) is 13.7. The van der Waals surface area contributed by atoms with Gasteiger partial charge in [0.1, 0.15) is 18.1 Å². The van der Waals surface area contributed by atoms with Crippen molar-refractivity contribution in [3.05, 3.63) is 89.7 Å². The number of hydrogen-bond donors (Lipinski definition) is 1. The Hall–Kier alpha value is -4.83. The molecule has 0 bridgehead atoms. The van der Waals surface area contributed by atoms with Gasteiger partial charge in [-0.2, -0.15) is 10.3 Å². The van der Waals surface area contributed by atoms with Gasteiger partial charge in [-0.25, -0.2) is 14.5 Å². The van der Waals surface area contributed by atoms with E-state index in [2.05, 4.69) is 62.9 Å². The third kappa shape index (κ3) is 7.03. The molecule has 1 aliphatic heterocycles. The summed E-state index contributed by atoms with van der Waals surface area (Å²) in [4.78, 5) is 23.6. The Labute approximate surface area is 256 Å². The van der Waals surface area contributed by atoms with Crippen molar-refractivity contribution in [2.24, 2.45) is 4.99 Å². The zero-order chi connectivity index (χ0) is 31.4. The average molecular weight is 620 g/mol. The fourth-order valence-corrected chi connectivity index (χ4v) is 5.90. The van der Waals surface area contributed by atoms with Gasteiger partial charge in [-0.3, -0.25) is 0 Å². The normalized spacial score (nSPS) is 15.0. The monoisotopic (exact) mass is 619 g/mol. The summed E-state index contributed by atoms with van der Waals surface area (Å²) in [5.74, 6) is 1.12. The summed E-state index contributed by atoms with van der Waals surface area (Å²) in [6, 6.07) is 18.8. The van der Waals surface area contributed by atoms with Gasteiger partial charge in [-0.05, 0) is 59.9 Å². The topological polar surface area (TPSA) is 108 Å². The Morgan fingerprint density at radius 3 is 2.50 bits per heavy atom. The molecule has 1 unspecified atom stereocenters. The zero-order valence-corrected chi connectivity index (χ0v) is 24.9. The molecule has 44 heavy (non-hydrogen) atoms. The number of amidine groups is 1. The van der Waals surface area contributed by atoms with Crippen molar-refractivity contribution in [2.45, 2.75) is 39.1 Å². The Morgan fingerprint density at radius 1 is 1.11 bits per heavy atom. The number of alkyl halides is 3. The second-order valence-corrected chi connectivity index (χ2v) is 11.3. The van der Waals surface area contributed by atoms with Crippen LogP contribution in [0.2, 0.25) is 0 Å². The highest BCUT2D eigenvalue weighted by molar-refractivity contribution is 8.14. The Morgan fingerprint density at radius 2 is 1.84 bits per heavy atom. The molecule has 0 saturated carbocycles. The van der Waals surface area contributed by atoms with E-state index in [1.54, 1.807) is 24.3 Å². The third-order valence-electron chi connectivity index (χ3n) is 6.87. The molecule has 0 radical (unpaired) electrons. The van der Waals surface area contributed by atoms with Gasteiger partial charge >= 0.3 is 12.4 Å². The molecule has 1 aromatic heterocycles. The predicted octanol–water partition coefficient (Wildman–Crippen LogP) is 7.15. The maximum atomic E-state index is 12.9. The Balaban J connectivity index is 1.26. The summed E-state index contributed by atoms with van der Waals surface area (Å²) in [5, 5.41) is 17.5. The molecule has 1 fully saturated rings. The molecule has 0 aliphatic carbocycles. The van der Waals surface area contributed by atoms with Crippen LogP contribution < -0.4 is 15.0 Å². The number of nitrogens with zero attached hydrogens (tertiary/aromatic N) is 6. The smallest absolute Gasteiger partial charge is 0.406 e. The second-order valence-electron chi connectivity index (χ2n) is 10.2. The summed E-state index contributed by atoms with van der Waals surface area (Å²) in [6.45, 7) is 7.09. The van der Waals surface area contributed by atoms with E-state index in [1.807, 2.05) is 12.1 Å². The average Bonchev–Trinajstić information content (AvgIpc) is 3.66. The first-order valence-corrected chi connectivity index (χ1v) is 14.7. The number of benzene rings is 3. The van der Waals surface area contributed by atoms with Gasteiger partial charge in [0, 0.05) is 23.5 Å². The zero-order valence-electron chi connectivity index (χ0n) is 24.0. The maximum absolute atomic E-state index is 12.9. The summed E-state index contributed by atoms with van der Waals surface area (Å²) >= 11 is 1.50. The molecule has 2 amide bonds. The lowest BCUT2D eigenvalue weighted by Gasteiger charge is -2.24. The highest BCUT2D eigenvalue weighted by Gasteiger charge is 2.31. The fraction of sp³-hybridized carbons (Fsp3) is 0.258. The molecule has 1 atom stereocenters. The SMILES string of the molecule is Cc1cccc(N2CCS/C2=N\C(=O)NC(C#N)c2ccc(-c3ncn(-c4ccc(OC(F)(F)F)cc4)n3)cc2)c1C(C)C. The molecule has 0 spiro atoms. The molecular formula is C31H28F3N7O2S. The number of nitriles is 1. The molecule has 5 rings (SSSR count). The quantitative estimate of drug-likeness (QED) is 0.234. The van der Waals surface area contributed by atoms with E-state index in [-0.39, 0.29) is 5.75 Å². The van der Waals surface area contributed by atoms with Crippen LogP contribution >= 0.6 is 11.8 Å². The number of hydrogen-bond acceptors (Lipinski definition) is 6. The Kier molecular flexibility index (Phi) is 8.91. The van der Waals surface area contributed by atoms with Gasteiger partial charge < -0.3 is 15.0 Å². The largest absolute Gasteiger partial charge is 0.573 e. The molecule has 1 aliphatic rings. The van der Waals surface area contributed by atoms with E-state index < -0.39 is 18.4 Å². The number of halogens is 3. The number of anilines is 1. The van der Waals surface area contributed by atoms with E-state index in [0.29, 0.717) is 33.7 Å². The van der Waals surface area contributed by atoms with E-state index >= 15 is 0 Å². The van der Waals surface area contributed by atoms with Crippen LogP contribution in [0.3, 0.4) is 0 Å². The maximum Gasteiger partial charge on any atom is 0.573 e. The second kappa shape index (κ2) is 12.8. The van der Waals surface area contributed by atoms with Gasteiger partial charge in [0.2, 0.25) is 0 Å². The van der Waals surface area contributed by atoms with Crippen LogP contribution in [0.5, 0.6) is 5.75 Å². The van der Waals surface area contributed by atoms with E-state index in [4.69, 9.17) is 0 Å². The molecule has 1 N–H and O–H groups in total. The number of carbonyl (C=O) groups excluding carboxylic acids is 1. The number of aryl methyl sites for hydroxylation is 1. The molecule has 13 heteroatoms. The van der Waals surface area contributed by atoms with Crippen LogP contribution in [0.15, 0.2) is 78.0 Å². The van der Waals surface area contributed by atoms with Gasteiger partial charge in [-0.15, -0.1) is 18.3 Å². The molecule has 226 valence electrons. The first kappa shape index (κ1) is 30.6. The van der Waals surface area contributed by atoms with E-state index in [1.165, 1.54) is 58.2 Å². The number of amides is 2. The number of carbonyl (C=O) groups is 1. The number of nitrogens with one attached hydrogen (secondary N) is 1. The number of aliphatic imine (C=N–C) groups is 1. The van der Waals surface area contributed by atoms with Crippen LogP contribution in [-0.4, -0.2) is 44.6 Å². The fourth-order valence-electron chi connectivity index (χ4n) is 4.95. The van der Waals surface area contributed by atoms with Crippen LogP contribution in [0.25, 0.3) is 17.1 Å². The lowest BCUT2D eigenvalue weighted by molar-refractivity contribution is -0.274. The number of ether oxygens (including phenoxy) is 1. The molecule has 2 heterocycles. The van der Waals surface area contributed by atoms with Crippen molar-refractivity contribution in [1.82, 2.24) is 20.1 Å². The van der Waals surface area contributed by atoms with Crippen molar-refractivity contribution in [2.75, 3.05) is 17.2 Å². The minimum Gasteiger partial charge on any atom is -0.406 e. The van der Waals surface area contributed by atoms with Crippen molar-refractivity contribution < 1.29 is 22.7 Å². The minimum atomic E-state index is -4.77. The lowest BCUT2D eigenvalue weighted by Crippen LogP contribution is -2.30. The van der Waals surface area contributed by atoms with Crippen LogP contribution in [0.1, 0.15) is 42.5 Å². The number of urea groups is 1. The van der Waals surface area contributed by atoms with Crippen molar-refractivity contribution in [3.63, 3.8) is 0 Å². The third-order valence-corrected chi connectivity index (χ3v) is 7.83. The van der Waals surface area contributed by atoms with Crippen molar-refractivity contribution in [1.29, 1.82) is 5.26 Å². The summed E-state index contributed by atoms with van der Waals surface area (Å²) in [5.41, 5.74) is 5.12.